The number of pyridine rings is 1. The van der Waals surface area contributed by atoms with Crippen LogP contribution in [0.5, 0.6) is 5.75 Å². The molecule has 4 rings (SSSR count). The smallest absolute Gasteiger partial charge is 0.395 e. The summed E-state index contributed by atoms with van der Waals surface area (Å²) in [5, 5.41) is 9.83. The van der Waals surface area contributed by atoms with Crippen molar-refractivity contribution in [3.63, 3.8) is 0 Å². The molecule has 2 aliphatic rings. The predicted octanol–water partition coefficient (Wildman–Crippen LogP) is 3.63. The number of ether oxygens (including phenoxy) is 1. The van der Waals surface area contributed by atoms with Gasteiger partial charge >= 0.3 is 6.18 Å². The SMILES string of the molecule is CC(C)(CN1CCC(COc2ccc(-c3ccc(C(=O)N4CC(O)CC4C(N)=O)c(F)c3)nc2)CC1)C(F)(F)F. The van der Waals surface area contributed by atoms with Gasteiger partial charge in [-0.2, -0.15) is 13.2 Å². The lowest BCUT2D eigenvalue weighted by atomic mass is 9.89. The second-order valence-electron chi connectivity index (χ2n) is 11.3. The van der Waals surface area contributed by atoms with Gasteiger partial charge in [-0.15, -0.1) is 0 Å². The Morgan fingerprint density at radius 2 is 1.85 bits per heavy atom. The lowest BCUT2D eigenvalue weighted by Crippen LogP contribution is -2.46. The summed E-state index contributed by atoms with van der Waals surface area (Å²) in [6, 6.07) is 6.39. The highest BCUT2D eigenvalue weighted by Crippen LogP contribution is 2.38. The monoisotopic (exact) mass is 566 g/mol. The molecule has 2 unspecified atom stereocenters. The van der Waals surface area contributed by atoms with E-state index in [1.807, 2.05) is 4.90 Å². The lowest BCUT2D eigenvalue weighted by Gasteiger charge is -2.38. The van der Waals surface area contributed by atoms with Crippen LogP contribution in [0.15, 0.2) is 36.5 Å². The third kappa shape index (κ3) is 6.72. The van der Waals surface area contributed by atoms with E-state index in [0.717, 1.165) is 17.7 Å². The lowest BCUT2D eigenvalue weighted by molar-refractivity contribution is -0.217. The van der Waals surface area contributed by atoms with Gasteiger partial charge in [0.1, 0.15) is 17.6 Å². The molecule has 218 valence electrons. The minimum absolute atomic E-state index is 0.0125. The minimum Gasteiger partial charge on any atom is -0.492 e. The first-order valence-corrected chi connectivity index (χ1v) is 13.2. The van der Waals surface area contributed by atoms with Crippen LogP contribution in [0.2, 0.25) is 0 Å². The van der Waals surface area contributed by atoms with Gasteiger partial charge in [0.2, 0.25) is 5.91 Å². The van der Waals surface area contributed by atoms with Gasteiger partial charge < -0.3 is 25.4 Å². The van der Waals surface area contributed by atoms with Crippen LogP contribution < -0.4 is 10.5 Å². The van der Waals surface area contributed by atoms with Crippen molar-refractivity contribution in [2.45, 2.75) is 51.4 Å². The summed E-state index contributed by atoms with van der Waals surface area (Å²) in [6.07, 6.45) is -2.15. The molecule has 2 aliphatic heterocycles. The van der Waals surface area contributed by atoms with Crippen LogP contribution in [0.3, 0.4) is 0 Å². The Labute approximate surface area is 230 Å². The largest absolute Gasteiger partial charge is 0.492 e. The molecule has 0 spiro atoms. The fourth-order valence-corrected chi connectivity index (χ4v) is 5.12. The molecule has 2 amide bonds. The first-order valence-electron chi connectivity index (χ1n) is 13.2. The van der Waals surface area contributed by atoms with Crippen LogP contribution in [-0.2, 0) is 4.79 Å². The Kier molecular flexibility index (Phi) is 8.69. The van der Waals surface area contributed by atoms with Gasteiger partial charge in [-0.1, -0.05) is 6.07 Å². The third-order valence-corrected chi connectivity index (χ3v) is 7.68. The van der Waals surface area contributed by atoms with E-state index >= 15 is 0 Å². The highest BCUT2D eigenvalue weighted by atomic mass is 19.4. The number of nitrogens with zero attached hydrogens (tertiary/aromatic N) is 3. The van der Waals surface area contributed by atoms with Crippen molar-refractivity contribution in [3.8, 4) is 17.0 Å². The van der Waals surface area contributed by atoms with Crippen molar-refractivity contribution in [2.24, 2.45) is 17.1 Å². The number of nitrogens with two attached hydrogens (primary N) is 1. The standard InChI is InChI=1S/C28H34F4N4O4/c1-27(2,28(30,31)32)16-35-9-7-17(8-10-35)15-40-20-4-6-23(34-13-20)18-3-5-21(22(29)11-18)26(39)36-14-19(37)12-24(36)25(33)38/h3-6,11,13,17,19,24,37H,7-10,12,14-16H2,1-2H3,(H2,33,38). The second kappa shape index (κ2) is 11.7. The molecule has 2 atom stereocenters. The van der Waals surface area contributed by atoms with Crippen LogP contribution in [0.25, 0.3) is 11.3 Å². The molecule has 0 saturated carbocycles. The molecule has 3 N–H and O–H groups in total. The number of hydrogen-bond donors (Lipinski definition) is 2. The molecule has 1 aromatic carbocycles. The number of aliphatic hydroxyl groups is 1. The number of piperidine rings is 1. The van der Waals surface area contributed by atoms with Gasteiger partial charge in [0.25, 0.3) is 5.91 Å². The van der Waals surface area contributed by atoms with Crippen molar-refractivity contribution in [2.75, 3.05) is 32.8 Å². The number of amides is 2. The van der Waals surface area contributed by atoms with Crippen molar-refractivity contribution < 1.29 is 37.0 Å². The van der Waals surface area contributed by atoms with E-state index in [1.165, 1.54) is 32.2 Å². The van der Waals surface area contributed by atoms with Crippen LogP contribution in [0.1, 0.15) is 43.5 Å². The number of alkyl halides is 3. The predicted molar refractivity (Wildman–Crippen MR) is 139 cm³/mol. The molecule has 2 saturated heterocycles. The number of aromatic nitrogens is 1. The Balaban J connectivity index is 1.30. The number of halogens is 4. The molecule has 8 nitrogen and oxygen atoms in total. The summed E-state index contributed by atoms with van der Waals surface area (Å²) in [6.45, 7) is 3.89. The first kappa shape index (κ1) is 29.7. The van der Waals surface area contributed by atoms with Crippen molar-refractivity contribution in [1.82, 2.24) is 14.8 Å². The van der Waals surface area contributed by atoms with Gasteiger partial charge in [0, 0.05) is 25.1 Å². The fourth-order valence-electron chi connectivity index (χ4n) is 5.12. The van der Waals surface area contributed by atoms with E-state index in [2.05, 4.69) is 4.98 Å². The average Bonchev–Trinajstić information content (AvgIpc) is 3.29. The van der Waals surface area contributed by atoms with Gasteiger partial charge in [-0.3, -0.25) is 14.6 Å². The molecular formula is C28H34F4N4O4. The zero-order chi connectivity index (χ0) is 29.2. The van der Waals surface area contributed by atoms with Crippen molar-refractivity contribution in [3.05, 3.63) is 47.9 Å². The maximum absolute atomic E-state index is 14.9. The van der Waals surface area contributed by atoms with E-state index < -0.39 is 41.4 Å². The first-order chi connectivity index (χ1) is 18.7. The molecule has 3 heterocycles. The van der Waals surface area contributed by atoms with E-state index in [0.29, 0.717) is 36.7 Å². The number of primary amides is 1. The quantitative estimate of drug-likeness (QED) is 0.473. The Morgan fingerprint density at radius 3 is 2.42 bits per heavy atom. The van der Waals surface area contributed by atoms with Crippen molar-refractivity contribution >= 4 is 11.8 Å². The van der Waals surface area contributed by atoms with Crippen LogP contribution >= 0.6 is 0 Å². The number of carbonyl (C=O) groups excluding carboxylic acids is 2. The Morgan fingerprint density at radius 1 is 1.15 bits per heavy atom. The summed E-state index contributed by atoms with van der Waals surface area (Å²) in [5.41, 5.74) is 4.22. The molecule has 0 radical (unpaired) electrons. The molecular weight excluding hydrogens is 532 g/mol. The van der Waals surface area contributed by atoms with E-state index in [1.54, 1.807) is 18.2 Å². The summed E-state index contributed by atoms with van der Waals surface area (Å²) < 4.78 is 60.3. The molecule has 1 aromatic heterocycles. The second-order valence-corrected chi connectivity index (χ2v) is 11.3. The minimum atomic E-state index is -4.24. The number of aliphatic hydroxyl groups excluding tert-OH is 1. The topological polar surface area (TPSA) is 109 Å². The average molecular weight is 567 g/mol. The molecule has 0 aliphatic carbocycles. The summed E-state index contributed by atoms with van der Waals surface area (Å²) in [4.78, 5) is 31.7. The fraction of sp³-hybridized carbons (Fsp3) is 0.536. The van der Waals surface area contributed by atoms with Gasteiger partial charge in [-0.25, -0.2) is 4.39 Å². The highest BCUT2D eigenvalue weighted by molar-refractivity contribution is 5.98. The zero-order valence-electron chi connectivity index (χ0n) is 22.5. The normalized spacial score (nSPS) is 21.0. The highest BCUT2D eigenvalue weighted by Gasteiger charge is 2.48. The van der Waals surface area contributed by atoms with Crippen molar-refractivity contribution in [1.29, 1.82) is 0 Å². The number of carbonyl (C=O) groups is 2. The van der Waals surface area contributed by atoms with E-state index in [-0.39, 0.29) is 31.0 Å². The van der Waals surface area contributed by atoms with Crippen LogP contribution in [-0.4, -0.2) is 82.8 Å². The summed E-state index contributed by atoms with van der Waals surface area (Å²) >= 11 is 0. The third-order valence-electron chi connectivity index (χ3n) is 7.68. The molecule has 2 fully saturated rings. The number of benzene rings is 1. The Bertz CT molecular complexity index is 1210. The van der Waals surface area contributed by atoms with Crippen LogP contribution in [0.4, 0.5) is 17.6 Å². The molecule has 40 heavy (non-hydrogen) atoms. The number of β-amino-alcohol motifs (C(OH)–C–C–N with tert-alkyl or cyclic N) is 1. The summed E-state index contributed by atoms with van der Waals surface area (Å²) in [7, 11) is 0. The van der Waals surface area contributed by atoms with Gasteiger partial charge in [-0.05, 0) is 70.0 Å². The number of hydrogen-bond acceptors (Lipinski definition) is 6. The van der Waals surface area contributed by atoms with Gasteiger partial charge in [0.15, 0.2) is 0 Å². The van der Waals surface area contributed by atoms with E-state index in [9.17, 15) is 32.3 Å². The molecule has 12 heteroatoms. The summed E-state index contributed by atoms with van der Waals surface area (Å²) in [5.74, 6) is -1.55. The molecule has 0 bridgehead atoms. The zero-order valence-corrected chi connectivity index (χ0v) is 22.5. The van der Waals surface area contributed by atoms with E-state index in [4.69, 9.17) is 10.5 Å². The maximum atomic E-state index is 14.9. The molecule has 2 aromatic rings. The number of rotatable bonds is 8. The number of likely N-dealkylation sites (tertiary alicyclic amines) is 2. The maximum Gasteiger partial charge on any atom is 0.395 e. The van der Waals surface area contributed by atoms with Crippen LogP contribution in [0, 0.1) is 17.2 Å². The van der Waals surface area contributed by atoms with Gasteiger partial charge in [0.05, 0.1) is 35.6 Å². The Hall–Kier alpha value is -3.25.